The van der Waals surface area contributed by atoms with E-state index < -0.39 is 6.04 Å². The lowest BCUT2D eigenvalue weighted by Gasteiger charge is -2.17. The van der Waals surface area contributed by atoms with E-state index in [9.17, 15) is 0 Å². The summed E-state index contributed by atoms with van der Waals surface area (Å²) in [7, 11) is 1.57. The van der Waals surface area contributed by atoms with Crippen LogP contribution in [-0.2, 0) is 0 Å². The Morgan fingerprint density at radius 3 is 2.26 bits per heavy atom. The molecule has 5 heteroatoms. The number of hydrogen-bond donors (Lipinski definition) is 1. The van der Waals surface area contributed by atoms with Crippen LogP contribution in [0.1, 0.15) is 17.2 Å². The van der Waals surface area contributed by atoms with Crippen LogP contribution in [-0.4, -0.2) is 7.11 Å². The van der Waals surface area contributed by atoms with Crippen LogP contribution in [0.2, 0.25) is 15.1 Å². The second-order valence-corrected chi connectivity index (χ2v) is 5.31. The average Bonchev–Trinajstić information content (AvgIpc) is 2.40. The summed E-state index contributed by atoms with van der Waals surface area (Å²) in [6.07, 6.45) is 0. The predicted molar refractivity (Wildman–Crippen MR) is 80.5 cm³/mol. The second-order valence-electron chi connectivity index (χ2n) is 4.03. The smallest absolute Gasteiger partial charge is 0.125 e. The van der Waals surface area contributed by atoms with Crippen molar-refractivity contribution in [2.75, 3.05) is 7.11 Å². The van der Waals surface area contributed by atoms with E-state index in [0.717, 1.165) is 11.1 Å². The minimum Gasteiger partial charge on any atom is -0.496 e. The molecule has 0 heterocycles. The predicted octanol–water partition coefficient (Wildman–Crippen LogP) is 4.70. The van der Waals surface area contributed by atoms with Gasteiger partial charge in [0.05, 0.1) is 13.2 Å². The maximum absolute atomic E-state index is 6.25. The topological polar surface area (TPSA) is 35.2 Å². The van der Waals surface area contributed by atoms with E-state index in [0.29, 0.717) is 20.8 Å². The summed E-state index contributed by atoms with van der Waals surface area (Å²) in [5.41, 5.74) is 7.79. The SMILES string of the molecule is COc1cc(Cl)ccc1C(N)c1cc(Cl)ccc1Cl. The van der Waals surface area contributed by atoms with Gasteiger partial charge < -0.3 is 10.5 Å². The number of nitrogens with two attached hydrogens (primary N) is 1. The quantitative estimate of drug-likeness (QED) is 0.890. The molecule has 0 aliphatic carbocycles. The zero-order valence-electron chi connectivity index (χ0n) is 10.2. The molecule has 0 saturated heterocycles. The molecule has 19 heavy (non-hydrogen) atoms. The van der Waals surface area contributed by atoms with Crippen molar-refractivity contribution in [3.05, 3.63) is 62.6 Å². The van der Waals surface area contributed by atoms with Gasteiger partial charge in [-0.25, -0.2) is 0 Å². The zero-order chi connectivity index (χ0) is 14.0. The Labute approximate surface area is 127 Å². The molecule has 2 N–H and O–H groups in total. The molecular weight excluding hydrogens is 305 g/mol. The summed E-state index contributed by atoms with van der Waals surface area (Å²) < 4.78 is 5.30. The average molecular weight is 317 g/mol. The molecule has 2 aromatic rings. The minimum absolute atomic E-state index is 0.432. The standard InChI is InChI=1S/C14H12Cl3NO/c1-19-13-7-9(16)2-4-10(13)14(18)11-6-8(15)3-5-12(11)17/h2-7,14H,18H2,1H3. The molecule has 0 saturated carbocycles. The van der Waals surface area contributed by atoms with Gasteiger partial charge >= 0.3 is 0 Å². The fourth-order valence-electron chi connectivity index (χ4n) is 1.86. The lowest BCUT2D eigenvalue weighted by atomic mass is 9.98. The first kappa shape index (κ1) is 14.5. The number of hydrogen-bond acceptors (Lipinski definition) is 2. The van der Waals surface area contributed by atoms with Gasteiger partial charge in [0.15, 0.2) is 0 Å². The molecule has 0 spiro atoms. The molecule has 1 atom stereocenters. The highest BCUT2D eigenvalue weighted by Crippen LogP contribution is 2.34. The summed E-state index contributed by atoms with van der Waals surface area (Å²) in [5.74, 6) is 0.621. The van der Waals surface area contributed by atoms with E-state index in [1.807, 2.05) is 6.07 Å². The molecule has 100 valence electrons. The van der Waals surface area contributed by atoms with Crippen molar-refractivity contribution in [1.29, 1.82) is 0 Å². The first-order chi connectivity index (χ1) is 9.02. The maximum Gasteiger partial charge on any atom is 0.125 e. The third-order valence-corrected chi connectivity index (χ3v) is 3.64. The molecule has 2 nitrogen and oxygen atoms in total. The van der Waals surface area contributed by atoms with Crippen LogP contribution in [0.25, 0.3) is 0 Å². The minimum atomic E-state index is -0.432. The first-order valence-corrected chi connectivity index (χ1v) is 6.70. The van der Waals surface area contributed by atoms with Crippen molar-refractivity contribution < 1.29 is 4.74 Å². The Balaban J connectivity index is 2.49. The van der Waals surface area contributed by atoms with Crippen LogP contribution >= 0.6 is 34.8 Å². The van der Waals surface area contributed by atoms with Gasteiger partial charge in [0, 0.05) is 20.6 Å². The second kappa shape index (κ2) is 6.02. The normalized spacial score (nSPS) is 12.3. The molecule has 0 radical (unpaired) electrons. The summed E-state index contributed by atoms with van der Waals surface area (Å²) in [5, 5.41) is 1.74. The lowest BCUT2D eigenvalue weighted by molar-refractivity contribution is 0.408. The van der Waals surface area contributed by atoms with Crippen LogP contribution < -0.4 is 10.5 Å². The largest absolute Gasteiger partial charge is 0.496 e. The van der Waals surface area contributed by atoms with Crippen LogP contribution in [0, 0.1) is 0 Å². The van der Waals surface area contributed by atoms with E-state index in [1.54, 1.807) is 37.4 Å². The van der Waals surface area contributed by atoms with Crippen molar-refractivity contribution in [1.82, 2.24) is 0 Å². The Morgan fingerprint density at radius 1 is 0.947 bits per heavy atom. The number of rotatable bonds is 3. The van der Waals surface area contributed by atoms with E-state index in [4.69, 9.17) is 45.3 Å². The van der Waals surface area contributed by atoms with Gasteiger partial charge in [-0.05, 0) is 35.9 Å². The van der Waals surface area contributed by atoms with Crippen molar-refractivity contribution in [2.24, 2.45) is 5.73 Å². The molecule has 2 aromatic carbocycles. The summed E-state index contributed by atoms with van der Waals surface area (Å²) in [6.45, 7) is 0. The van der Waals surface area contributed by atoms with Crippen molar-refractivity contribution in [3.8, 4) is 5.75 Å². The summed E-state index contributed by atoms with van der Waals surface area (Å²) >= 11 is 18.1. The number of ether oxygens (including phenoxy) is 1. The van der Waals surface area contributed by atoms with Crippen LogP contribution in [0.3, 0.4) is 0 Å². The lowest BCUT2D eigenvalue weighted by Crippen LogP contribution is -2.13. The molecule has 0 amide bonds. The van der Waals surface area contributed by atoms with Gasteiger partial charge in [-0.3, -0.25) is 0 Å². The van der Waals surface area contributed by atoms with Crippen LogP contribution in [0.15, 0.2) is 36.4 Å². The number of methoxy groups -OCH3 is 1. The highest BCUT2D eigenvalue weighted by atomic mass is 35.5. The van der Waals surface area contributed by atoms with Gasteiger partial charge in [0.2, 0.25) is 0 Å². The van der Waals surface area contributed by atoms with Crippen LogP contribution in [0.5, 0.6) is 5.75 Å². The third kappa shape index (κ3) is 3.15. The van der Waals surface area contributed by atoms with Crippen molar-refractivity contribution >= 4 is 34.8 Å². The highest BCUT2D eigenvalue weighted by Gasteiger charge is 2.17. The van der Waals surface area contributed by atoms with Crippen molar-refractivity contribution in [3.63, 3.8) is 0 Å². The van der Waals surface area contributed by atoms with E-state index in [1.165, 1.54) is 0 Å². The number of benzene rings is 2. The molecule has 0 aliphatic heterocycles. The Morgan fingerprint density at radius 2 is 1.58 bits per heavy atom. The monoisotopic (exact) mass is 315 g/mol. The van der Waals surface area contributed by atoms with Crippen LogP contribution in [0.4, 0.5) is 0 Å². The summed E-state index contributed by atoms with van der Waals surface area (Å²) in [6, 6.07) is 10.1. The van der Waals surface area contributed by atoms with Gasteiger partial charge in [-0.15, -0.1) is 0 Å². The highest BCUT2D eigenvalue weighted by molar-refractivity contribution is 6.33. The molecule has 0 aliphatic rings. The molecular formula is C14H12Cl3NO. The van der Waals surface area contributed by atoms with E-state index in [-0.39, 0.29) is 0 Å². The fraction of sp³-hybridized carbons (Fsp3) is 0.143. The van der Waals surface area contributed by atoms with E-state index >= 15 is 0 Å². The van der Waals surface area contributed by atoms with Gasteiger partial charge in [0.25, 0.3) is 0 Å². The molecule has 0 aromatic heterocycles. The van der Waals surface area contributed by atoms with Crippen molar-refractivity contribution in [2.45, 2.75) is 6.04 Å². The molecule has 2 rings (SSSR count). The number of halogens is 3. The van der Waals surface area contributed by atoms with Gasteiger partial charge in [0.1, 0.15) is 5.75 Å². The Bertz CT molecular complexity index is 601. The zero-order valence-corrected chi connectivity index (χ0v) is 12.4. The summed E-state index contributed by atoms with van der Waals surface area (Å²) in [4.78, 5) is 0. The fourth-order valence-corrected chi connectivity index (χ4v) is 2.44. The molecule has 0 bridgehead atoms. The first-order valence-electron chi connectivity index (χ1n) is 5.57. The Hall–Kier alpha value is -0.930. The van der Waals surface area contributed by atoms with E-state index in [2.05, 4.69) is 0 Å². The third-order valence-electron chi connectivity index (χ3n) is 2.82. The van der Waals surface area contributed by atoms with Gasteiger partial charge in [-0.2, -0.15) is 0 Å². The maximum atomic E-state index is 6.25. The van der Waals surface area contributed by atoms with Gasteiger partial charge in [-0.1, -0.05) is 40.9 Å². The Kier molecular flexibility index (Phi) is 4.58. The molecule has 0 fully saturated rings. The molecule has 1 unspecified atom stereocenters.